The summed E-state index contributed by atoms with van der Waals surface area (Å²) in [5.41, 5.74) is 3.21. The van der Waals surface area contributed by atoms with Crippen molar-refractivity contribution < 1.29 is 14.0 Å². The molecule has 0 heterocycles. The van der Waals surface area contributed by atoms with Gasteiger partial charge < -0.3 is 9.42 Å². The molecule has 1 aromatic carbocycles. The molecule has 1 rings (SSSR count). The minimum absolute atomic E-state index is 0.0784. The number of unbranched alkanes of at least 4 members (excludes halogenated alkanes) is 30. The molecular formula is C52H99O3P. The monoisotopic (exact) mass is 803 g/mol. The Labute approximate surface area is 352 Å². The summed E-state index contributed by atoms with van der Waals surface area (Å²) < 4.78 is 17.9. The van der Waals surface area contributed by atoms with Crippen LogP contribution in [-0.2, 0) is 20.8 Å². The van der Waals surface area contributed by atoms with Crippen LogP contribution >= 0.6 is 8.25 Å². The van der Waals surface area contributed by atoms with Crippen LogP contribution in [0.2, 0.25) is 0 Å². The average molecular weight is 803 g/mol. The third-order valence-corrected chi connectivity index (χ3v) is 13.1. The molecular weight excluding hydrogens is 704 g/mol. The fourth-order valence-corrected chi connectivity index (χ4v) is 9.22. The largest absolute Gasteiger partial charge is 0.426 e. The molecule has 1 aromatic rings. The SMILES string of the molecule is CCCCCCCCCCCCCCCCCCC(C)(CCCCCCCCCCCCCCCCCC)c1cc(C(C)(C)C)c(O[PH](=O)O)c(C(C)(C)C)c1. The van der Waals surface area contributed by atoms with Crippen LogP contribution < -0.4 is 4.52 Å². The minimum Gasteiger partial charge on any atom is -0.426 e. The quantitative estimate of drug-likeness (QED) is 0.0538. The van der Waals surface area contributed by atoms with Crippen LogP contribution in [0.15, 0.2) is 12.1 Å². The first kappa shape index (κ1) is 53.2. The molecule has 56 heavy (non-hydrogen) atoms. The maximum Gasteiger partial charge on any atom is 0.365 e. The van der Waals surface area contributed by atoms with Gasteiger partial charge in [-0.15, -0.1) is 0 Å². The summed E-state index contributed by atoms with van der Waals surface area (Å²) in [6.45, 7) is 20.4. The van der Waals surface area contributed by atoms with Gasteiger partial charge in [-0.1, -0.05) is 280 Å². The maximum absolute atomic E-state index is 12.1. The van der Waals surface area contributed by atoms with E-state index in [0.717, 1.165) is 11.1 Å². The van der Waals surface area contributed by atoms with Gasteiger partial charge in [0.25, 0.3) is 0 Å². The third kappa shape index (κ3) is 25.6. The Bertz CT molecular complexity index is 1030. The van der Waals surface area contributed by atoms with E-state index < -0.39 is 8.25 Å². The van der Waals surface area contributed by atoms with Crippen LogP contribution in [0.1, 0.15) is 297 Å². The van der Waals surface area contributed by atoms with Crippen molar-refractivity contribution in [3.63, 3.8) is 0 Å². The number of rotatable bonds is 37. The number of hydrogen-bond acceptors (Lipinski definition) is 2. The van der Waals surface area contributed by atoms with Gasteiger partial charge in [0.05, 0.1) is 0 Å². The van der Waals surface area contributed by atoms with Crippen LogP contribution in [0.3, 0.4) is 0 Å². The summed E-state index contributed by atoms with van der Waals surface area (Å²) in [4.78, 5) is 9.96. The van der Waals surface area contributed by atoms with E-state index in [0.29, 0.717) is 5.75 Å². The van der Waals surface area contributed by atoms with Crippen molar-refractivity contribution in [2.24, 2.45) is 0 Å². The van der Waals surface area contributed by atoms with Crippen LogP contribution in [-0.4, -0.2) is 4.89 Å². The molecule has 0 aliphatic carbocycles. The Morgan fingerprint density at radius 2 is 0.661 bits per heavy atom. The van der Waals surface area contributed by atoms with Crippen molar-refractivity contribution in [1.29, 1.82) is 0 Å². The summed E-state index contributed by atoms with van der Waals surface area (Å²) >= 11 is 0. The van der Waals surface area contributed by atoms with Crippen LogP contribution in [0.5, 0.6) is 5.75 Å². The van der Waals surface area contributed by atoms with Crippen molar-refractivity contribution in [3.05, 3.63) is 28.8 Å². The van der Waals surface area contributed by atoms with E-state index in [9.17, 15) is 9.46 Å². The molecule has 0 fully saturated rings. The molecule has 0 amide bonds. The first-order valence-electron chi connectivity index (χ1n) is 24.9. The van der Waals surface area contributed by atoms with Crippen LogP contribution in [0.25, 0.3) is 0 Å². The second kappa shape index (κ2) is 32.0. The third-order valence-electron chi connectivity index (χ3n) is 12.8. The lowest BCUT2D eigenvalue weighted by Crippen LogP contribution is -2.26. The van der Waals surface area contributed by atoms with Gasteiger partial charge in [0.15, 0.2) is 0 Å². The molecule has 1 unspecified atom stereocenters. The molecule has 0 aromatic heterocycles. The van der Waals surface area contributed by atoms with Crippen molar-refractivity contribution in [3.8, 4) is 5.75 Å². The minimum atomic E-state index is -3.12. The first-order chi connectivity index (χ1) is 26.8. The molecule has 0 bridgehead atoms. The fourth-order valence-electron chi connectivity index (χ4n) is 8.83. The highest BCUT2D eigenvalue weighted by Crippen LogP contribution is 2.47. The predicted octanol–water partition coefficient (Wildman–Crippen LogP) is 18.6. The Hall–Kier alpha value is -0.790. The Morgan fingerprint density at radius 3 is 0.875 bits per heavy atom. The van der Waals surface area contributed by atoms with Gasteiger partial charge in [-0.3, -0.25) is 0 Å². The Morgan fingerprint density at radius 1 is 0.429 bits per heavy atom. The van der Waals surface area contributed by atoms with Gasteiger partial charge >= 0.3 is 8.25 Å². The second-order valence-corrected chi connectivity index (χ2v) is 21.2. The molecule has 1 atom stereocenters. The highest BCUT2D eigenvalue weighted by atomic mass is 31.1. The molecule has 330 valence electrons. The fraction of sp³-hybridized carbons (Fsp3) is 0.885. The van der Waals surface area contributed by atoms with E-state index in [1.54, 1.807) is 0 Å². The predicted molar refractivity (Wildman–Crippen MR) is 251 cm³/mol. The molecule has 1 N–H and O–H groups in total. The van der Waals surface area contributed by atoms with E-state index in [1.807, 2.05) is 0 Å². The van der Waals surface area contributed by atoms with E-state index in [1.165, 1.54) is 224 Å². The smallest absolute Gasteiger partial charge is 0.365 e. The van der Waals surface area contributed by atoms with Gasteiger partial charge in [-0.25, -0.2) is 4.57 Å². The van der Waals surface area contributed by atoms with Gasteiger partial charge in [-0.05, 0) is 34.7 Å². The second-order valence-electron chi connectivity index (χ2n) is 20.4. The zero-order chi connectivity index (χ0) is 41.5. The van der Waals surface area contributed by atoms with Crippen molar-refractivity contribution >= 4 is 8.25 Å². The number of hydrogen-bond donors (Lipinski definition) is 1. The normalized spacial score (nSPS) is 13.1. The van der Waals surface area contributed by atoms with Crippen LogP contribution in [0.4, 0.5) is 0 Å². The van der Waals surface area contributed by atoms with E-state index >= 15 is 0 Å². The summed E-state index contributed by atoms with van der Waals surface area (Å²) in [6, 6.07) is 4.71. The van der Waals surface area contributed by atoms with Gasteiger partial charge in [0.1, 0.15) is 5.75 Å². The zero-order valence-corrected chi connectivity index (χ0v) is 40.5. The van der Waals surface area contributed by atoms with Crippen molar-refractivity contribution in [1.82, 2.24) is 0 Å². The van der Waals surface area contributed by atoms with Crippen LogP contribution in [0, 0.1) is 0 Å². The number of benzene rings is 1. The molecule has 0 saturated carbocycles. The highest BCUT2D eigenvalue weighted by Gasteiger charge is 2.33. The van der Waals surface area contributed by atoms with E-state index in [4.69, 9.17) is 4.52 Å². The highest BCUT2D eigenvalue weighted by molar-refractivity contribution is 7.32. The zero-order valence-electron chi connectivity index (χ0n) is 39.5. The summed E-state index contributed by atoms with van der Waals surface area (Å²) in [7, 11) is -3.12. The molecule has 0 saturated heterocycles. The molecule has 4 heteroatoms. The molecule has 0 radical (unpaired) electrons. The summed E-state index contributed by atoms with van der Waals surface area (Å²) in [6.07, 6.45) is 47.2. The lowest BCUT2D eigenvalue weighted by Gasteiger charge is -2.36. The topological polar surface area (TPSA) is 46.5 Å². The van der Waals surface area contributed by atoms with Gasteiger partial charge in [-0.2, -0.15) is 0 Å². The van der Waals surface area contributed by atoms with Gasteiger partial charge in [0, 0.05) is 11.1 Å². The Balaban J connectivity index is 2.71. The summed E-state index contributed by atoms with van der Waals surface area (Å²) in [5.74, 6) is 0.632. The molecule has 3 nitrogen and oxygen atoms in total. The van der Waals surface area contributed by atoms with Crippen molar-refractivity contribution in [2.45, 2.75) is 297 Å². The maximum atomic E-state index is 12.1. The van der Waals surface area contributed by atoms with Gasteiger partial charge in [0.2, 0.25) is 0 Å². The lowest BCUT2D eigenvalue weighted by molar-refractivity contribution is 0.358. The van der Waals surface area contributed by atoms with E-state index in [-0.39, 0.29) is 16.2 Å². The Kier molecular flexibility index (Phi) is 30.5. The summed E-state index contributed by atoms with van der Waals surface area (Å²) in [5, 5.41) is 0. The first-order valence-corrected chi connectivity index (χ1v) is 26.1. The molecule has 0 aliphatic rings. The van der Waals surface area contributed by atoms with Crippen molar-refractivity contribution in [2.75, 3.05) is 0 Å². The molecule has 0 aliphatic heterocycles. The van der Waals surface area contributed by atoms with E-state index in [2.05, 4.69) is 74.4 Å². The lowest BCUT2D eigenvalue weighted by atomic mass is 9.70. The molecule has 0 spiro atoms. The standard InChI is InChI=1S/C52H99O3P/c1-10-12-14-16-18-20-22-24-26-28-30-32-34-36-38-40-42-52(9,43-41-39-37-35-33-31-29-27-25-23-21-19-17-15-13-11-2)46-44-47(50(3,4)5)49(55-56(53)54)48(45-46)51(6,7)8/h44-45,56H,10-43H2,1-9H3,(H,53,54). The average Bonchev–Trinajstić information content (AvgIpc) is 3.13.